The molecule has 0 atom stereocenters. The number of rotatable bonds is 7. The highest BCUT2D eigenvalue weighted by atomic mass is 32.1. The molecule has 0 fully saturated rings. The molecule has 1 N–H and O–H groups in total. The van der Waals surface area contributed by atoms with Crippen molar-refractivity contribution in [3.8, 4) is 22.8 Å². The Morgan fingerprint density at radius 2 is 1.79 bits per heavy atom. The van der Waals surface area contributed by atoms with Crippen LogP contribution in [0.2, 0.25) is 0 Å². The third-order valence-electron chi connectivity index (χ3n) is 4.27. The van der Waals surface area contributed by atoms with Gasteiger partial charge in [0.25, 0.3) is 0 Å². The van der Waals surface area contributed by atoms with Crippen molar-refractivity contribution >= 4 is 22.2 Å². The van der Waals surface area contributed by atoms with E-state index in [4.69, 9.17) is 9.47 Å². The van der Waals surface area contributed by atoms with Crippen LogP contribution in [0.5, 0.6) is 11.5 Å². The second-order valence-corrected chi connectivity index (χ2v) is 7.40. The lowest BCUT2D eigenvalue weighted by atomic mass is 10.1. The fourth-order valence-corrected chi connectivity index (χ4v) is 4.01. The van der Waals surface area contributed by atoms with Gasteiger partial charge in [0.15, 0.2) is 16.6 Å². The van der Waals surface area contributed by atoms with E-state index in [0.717, 1.165) is 41.1 Å². The predicted octanol–water partition coefficient (Wildman–Crippen LogP) is 6.54. The topological polar surface area (TPSA) is 43.4 Å². The Kier molecular flexibility index (Phi) is 6.32. The van der Waals surface area contributed by atoms with E-state index >= 15 is 0 Å². The van der Waals surface area contributed by atoms with Crippen molar-refractivity contribution < 1.29 is 22.6 Å². The standard InChI is InChI=1S/C21H21F3N2O2S/c1-4-6-18-19(13-9-10-16(27-2)17(11-13)28-3)26-20(29-18)25-15-8-5-7-14(12-15)21(22,23)24/h5,7-12H,4,6H2,1-3H3,(H,25,26). The number of ether oxygens (including phenoxy) is 2. The Balaban J connectivity index is 1.95. The van der Waals surface area contributed by atoms with Gasteiger partial charge in [-0.15, -0.1) is 11.3 Å². The third-order valence-corrected chi connectivity index (χ3v) is 5.30. The second-order valence-electron chi connectivity index (χ2n) is 6.31. The number of hydrogen-bond acceptors (Lipinski definition) is 5. The molecule has 3 aromatic rings. The van der Waals surface area contributed by atoms with Crippen LogP contribution in [-0.4, -0.2) is 19.2 Å². The van der Waals surface area contributed by atoms with Gasteiger partial charge in [0.1, 0.15) is 0 Å². The quantitative estimate of drug-likeness (QED) is 0.469. The van der Waals surface area contributed by atoms with Crippen LogP contribution in [0.25, 0.3) is 11.3 Å². The lowest BCUT2D eigenvalue weighted by molar-refractivity contribution is -0.137. The van der Waals surface area contributed by atoms with Crippen LogP contribution in [-0.2, 0) is 12.6 Å². The highest BCUT2D eigenvalue weighted by Crippen LogP contribution is 2.38. The van der Waals surface area contributed by atoms with Gasteiger partial charge in [0.05, 0.1) is 25.5 Å². The summed E-state index contributed by atoms with van der Waals surface area (Å²) in [6.07, 6.45) is -2.66. The number of methoxy groups -OCH3 is 2. The molecule has 0 spiro atoms. The number of nitrogens with one attached hydrogen (secondary N) is 1. The zero-order valence-electron chi connectivity index (χ0n) is 16.3. The Morgan fingerprint density at radius 1 is 1.03 bits per heavy atom. The normalized spacial score (nSPS) is 11.4. The maximum atomic E-state index is 13.0. The maximum absolute atomic E-state index is 13.0. The van der Waals surface area contributed by atoms with E-state index in [-0.39, 0.29) is 0 Å². The number of alkyl halides is 3. The molecule has 0 aliphatic carbocycles. The van der Waals surface area contributed by atoms with Crippen molar-refractivity contribution in [2.24, 2.45) is 0 Å². The number of aromatic nitrogens is 1. The number of hydrogen-bond donors (Lipinski definition) is 1. The van der Waals surface area contributed by atoms with Crippen LogP contribution >= 0.6 is 11.3 Å². The summed E-state index contributed by atoms with van der Waals surface area (Å²) in [6.45, 7) is 2.07. The summed E-state index contributed by atoms with van der Waals surface area (Å²) < 4.78 is 49.6. The molecule has 154 valence electrons. The van der Waals surface area contributed by atoms with E-state index in [2.05, 4.69) is 17.2 Å². The van der Waals surface area contributed by atoms with Crippen LogP contribution in [0.4, 0.5) is 24.0 Å². The van der Waals surface area contributed by atoms with E-state index in [1.807, 2.05) is 18.2 Å². The minimum Gasteiger partial charge on any atom is -0.493 e. The molecule has 0 unspecified atom stereocenters. The van der Waals surface area contributed by atoms with Crippen molar-refractivity contribution in [1.29, 1.82) is 0 Å². The molecule has 0 radical (unpaired) electrons. The number of anilines is 2. The Bertz CT molecular complexity index is 986. The number of nitrogens with zero attached hydrogens (tertiary/aromatic N) is 1. The van der Waals surface area contributed by atoms with Crippen LogP contribution in [0.1, 0.15) is 23.8 Å². The van der Waals surface area contributed by atoms with Gasteiger partial charge in [-0.05, 0) is 42.8 Å². The average molecular weight is 422 g/mol. The Labute approximate surface area is 171 Å². The van der Waals surface area contributed by atoms with E-state index in [9.17, 15) is 13.2 Å². The number of halogens is 3. The van der Waals surface area contributed by atoms with Crippen molar-refractivity contribution in [3.63, 3.8) is 0 Å². The van der Waals surface area contributed by atoms with Gasteiger partial charge in [-0.3, -0.25) is 0 Å². The molecule has 1 aromatic heterocycles. The number of thiazole rings is 1. The van der Waals surface area contributed by atoms with Crippen LogP contribution in [0.15, 0.2) is 42.5 Å². The zero-order valence-corrected chi connectivity index (χ0v) is 17.1. The van der Waals surface area contributed by atoms with E-state index in [0.29, 0.717) is 22.3 Å². The molecule has 0 saturated heterocycles. The molecule has 0 aliphatic heterocycles. The fraction of sp³-hybridized carbons (Fsp3) is 0.286. The van der Waals surface area contributed by atoms with Gasteiger partial charge in [0, 0.05) is 16.1 Å². The van der Waals surface area contributed by atoms with Crippen molar-refractivity contribution in [1.82, 2.24) is 4.98 Å². The van der Waals surface area contributed by atoms with Crippen LogP contribution in [0.3, 0.4) is 0 Å². The number of benzene rings is 2. The highest BCUT2D eigenvalue weighted by molar-refractivity contribution is 7.16. The minimum absolute atomic E-state index is 0.343. The third kappa shape index (κ3) is 4.82. The molecule has 3 rings (SSSR count). The van der Waals surface area contributed by atoms with Crippen molar-refractivity contribution in [2.45, 2.75) is 25.9 Å². The Morgan fingerprint density at radius 3 is 2.45 bits per heavy atom. The summed E-state index contributed by atoms with van der Waals surface area (Å²) in [4.78, 5) is 5.70. The predicted molar refractivity (Wildman–Crippen MR) is 109 cm³/mol. The van der Waals surface area contributed by atoms with E-state index in [1.165, 1.54) is 17.4 Å². The molecule has 0 amide bonds. The SMILES string of the molecule is CCCc1sc(Nc2cccc(C(F)(F)F)c2)nc1-c1ccc(OC)c(OC)c1. The summed E-state index contributed by atoms with van der Waals surface area (Å²) in [7, 11) is 3.14. The van der Waals surface area contributed by atoms with Gasteiger partial charge in [-0.1, -0.05) is 19.4 Å². The van der Waals surface area contributed by atoms with Gasteiger partial charge in [0.2, 0.25) is 0 Å². The molecule has 1 heterocycles. The molecule has 0 saturated carbocycles. The van der Waals surface area contributed by atoms with Crippen molar-refractivity contribution in [2.75, 3.05) is 19.5 Å². The van der Waals surface area contributed by atoms with E-state index < -0.39 is 11.7 Å². The molecule has 0 bridgehead atoms. The van der Waals surface area contributed by atoms with Gasteiger partial charge in [-0.25, -0.2) is 4.98 Å². The first kappa shape index (κ1) is 21.0. The largest absolute Gasteiger partial charge is 0.493 e. The second kappa shape index (κ2) is 8.73. The summed E-state index contributed by atoms with van der Waals surface area (Å²) >= 11 is 1.43. The van der Waals surface area contributed by atoms with Crippen molar-refractivity contribution in [3.05, 3.63) is 52.9 Å². The van der Waals surface area contributed by atoms with E-state index in [1.54, 1.807) is 20.3 Å². The van der Waals surface area contributed by atoms with Crippen LogP contribution < -0.4 is 14.8 Å². The monoisotopic (exact) mass is 422 g/mol. The maximum Gasteiger partial charge on any atom is 0.416 e. The van der Waals surface area contributed by atoms with Gasteiger partial charge in [-0.2, -0.15) is 13.2 Å². The molecule has 0 aliphatic rings. The average Bonchev–Trinajstić information content (AvgIpc) is 3.09. The molecular formula is C21H21F3N2O2S. The summed E-state index contributed by atoms with van der Waals surface area (Å²) in [5, 5.41) is 3.55. The van der Waals surface area contributed by atoms with Gasteiger partial charge >= 0.3 is 6.18 Å². The first-order valence-electron chi connectivity index (χ1n) is 9.02. The molecule has 8 heteroatoms. The Hall–Kier alpha value is -2.74. The fourth-order valence-electron chi connectivity index (χ4n) is 2.91. The zero-order chi connectivity index (χ0) is 21.0. The first-order valence-corrected chi connectivity index (χ1v) is 9.83. The minimum atomic E-state index is -4.39. The molecule has 29 heavy (non-hydrogen) atoms. The molecular weight excluding hydrogens is 401 g/mol. The first-order chi connectivity index (χ1) is 13.9. The smallest absolute Gasteiger partial charge is 0.416 e. The molecule has 2 aromatic carbocycles. The summed E-state index contributed by atoms with van der Waals surface area (Å²) in [5.74, 6) is 1.21. The molecule has 4 nitrogen and oxygen atoms in total. The lowest BCUT2D eigenvalue weighted by Crippen LogP contribution is -2.05. The number of aryl methyl sites for hydroxylation is 1. The van der Waals surface area contributed by atoms with Gasteiger partial charge < -0.3 is 14.8 Å². The highest BCUT2D eigenvalue weighted by Gasteiger charge is 2.30. The van der Waals surface area contributed by atoms with Crippen LogP contribution in [0, 0.1) is 0 Å². The lowest BCUT2D eigenvalue weighted by Gasteiger charge is -2.09. The summed E-state index contributed by atoms with van der Waals surface area (Å²) in [5.41, 5.74) is 1.29. The summed E-state index contributed by atoms with van der Waals surface area (Å²) in [6, 6.07) is 10.6.